The summed E-state index contributed by atoms with van der Waals surface area (Å²) in [6.45, 7) is 4.76. The number of benzene rings is 1. The van der Waals surface area contributed by atoms with Gasteiger partial charge in [-0.05, 0) is 31.8 Å². The first-order valence-corrected chi connectivity index (χ1v) is 7.76. The first-order chi connectivity index (χ1) is 10.6. The van der Waals surface area contributed by atoms with E-state index in [1.54, 1.807) is 0 Å². The van der Waals surface area contributed by atoms with Crippen molar-refractivity contribution in [1.29, 1.82) is 0 Å². The quantitative estimate of drug-likeness (QED) is 0.865. The van der Waals surface area contributed by atoms with Crippen LogP contribution in [0.2, 0.25) is 0 Å². The maximum atomic E-state index is 13.0. The van der Waals surface area contributed by atoms with Gasteiger partial charge >= 0.3 is 0 Å². The van der Waals surface area contributed by atoms with E-state index in [0.29, 0.717) is 0 Å². The van der Waals surface area contributed by atoms with Gasteiger partial charge in [0.2, 0.25) is 0 Å². The van der Waals surface area contributed by atoms with Crippen LogP contribution in [0.3, 0.4) is 0 Å². The Morgan fingerprint density at radius 2 is 1.91 bits per heavy atom. The fourth-order valence-corrected chi connectivity index (χ4v) is 2.99. The number of rotatable bonds is 4. The molecule has 0 saturated heterocycles. The molecule has 2 aromatic rings. The Labute approximate surface area is 131 Å². The molecule has 2 heterocycles. The van der Waals surface area contributed by atoms with E-state index in [0.717, 1.165) is 44.7 Å². The van der Waals surface area contributed by atoms with Crippen LogP contribution in [0.5, 0.6) is 0 Å². The van der Waals surface area contributed by atoms with E-state index in [1.807, 2.05) is 18.3 Å². The fraction of sp³-hybridized carbons (Fsp3) is 0.471. The smallest absolute Gasteiger partial charge is 0.123 e. The van der Waals surface area contributed by atoms with Gasteiger partial charge in [-0.15, -0.1) is 0 Å². The Kier molecular flexibility index (Phi) is 4.55. The third-order valence-electron chi connectivity index (χ3n) is 4.11. The molecule has 118 valence electrons. The molecule has 0 bridgehead atoms. The maximum Gasteiger partial charge on any atom is 0.123 e. The van der Waals surface area contributed by atoms with Gasteiger partial charge in [0.25, 0.3) is 0 Å². The molecule has 0 fully saturated rings. The summed E-state index contributed by atoms with van der Waals surface area (Å²) in [5, 5.41) is 0. The average molecular weight is 302 g/mol. The lowest BCUT2D eigenvalue weighted by atomic mass is 10.2. The summed E-state index contributed by atoms with van der Waals surface area (Å²) >= 11 is 0. The van der Waals surface area contributed by atoms with Crippen LogP contribution >= 0.6 is 0 Å². The highest BCUT2D eigenvalue weighted by molar-refractivity contribution is 5.16. The lowest BCUT2D eigenvalue weighted by molar-refractivity contribution is 0.269. The molecule has 1 aromatic carbocycles. The zero-order valence-corrected chi connectivity index (χ0v) is 13.3. The molecule has 1 aliphatic heterocycles. The Bertz CT molecular complexity index is 618. The van der Waals surface area contributed by atoms with Gasteiger partial charge in [-0.25, -0.2) is 9.37 Å². The van der Waals surface area contributed by atoms with E-state index >= 15 is 0 Å². The molecular weight excluding hydrogens is 279 g/mol. The first-order valence-electron chi connectivity index (χ1n) is 7.76. The Morgan fingerprint density at radius 1 is 1.14 bits per heavy atom. The van der Waals surface area contributed by atoms with Crippen LogP contribution < -0.4 is 0 Å². The highest BCUT2D eigenvalue weighted by atomic mass is 19.1. The molecule has 3 rings (SSSR count). The monoisotopic (exact) mass is 302 g/mol. The van der Waals surface area contributed by atoms with Gasteiger partial charge in [-0.3, -0.25) is 4.90 Å². The molecule has 1 aliphatic rings. The molecule has 0 spiro atoms. The molecule has 0 saturated carbocycles. The third kappa shape index (κ3) is 3.54. The van der Waals surface area contributed by atoms with Gasteiger partial charge in [0.15, 0.2) is 0 Å². The van der Waals surface area contributed by atoms with E-state index < -0.39 is 0 Å². The number of imidazole rings is 1. The standard InChI is InChI=1S/C17H23FN4/c1-20(2)13-16-11-19-17-7-8-21(9-10-22(16)17)12-14-3-5-15(18)6-4-14/h3-6,11H,7-10,12-13H2,1-2H3. The van der Waals surface area contributed by atoms with Gasteiger partial charge in [-0.2, -0.15) is 0 Å². The van der Waals surface area contributed by atoms with Crippen LogP contribution in [-0.2, 0) is 26.1 Å². The van der Waals surface area contributed by atoms with Crippen LogP contribution in [0.1, 0.15) is 17.1 Å². The summed E-state index contributed by atoms with van der Waals surface area (Å²) in [7, 11) is 4.16. The molecular formula is C17H23FN4. The van der Waals surface area contributed by atoms with Gasteiger partial charge in [0, 0.05) is 45.3 Å². The van der Waals surface area contributed by atoms with E-state index in [9.17, 15) is 4.39 Å². The van der Waals surface area contributed by atoms with Crippen molar-refractivity contribution in [3.8, 4) is 0 Å². The SMILES string of the molecule is CN(C)Cc1cnc2n1CCN(Cc1ccc(F)cc1)CC2. The summed E-state index contributed by atoms with van der Waals surface area (Å²) in [5.74, 6) is 1.01. The number of halogens is 1. The minimum atomic E-state index is -0.173. The van der Waals surface area contributed by atoms with Crippen molar-refractivity contribution in [2.24, 2.45) is 0 Å². The second-order valence-corrected chi connectivity index (χ2v) is 6.21. The van der Waals surface area contributed by atoms with Crippen LogP contribution in [0, 0.1) is 5.82 Å². The van der Waals surface area contributed by atoms with E-state index in [1.165, 1.54) is 23.7 Å². The average Bonchev–Trinajstić information content (AvgIpc) is 2.74. The number of nitrogens with zero attached hydrogens (tertiary/aromatic N) is 4. The van der Waals surface area contributed by atoms with Crippen molar-refractivity contribution in [3.63, 3.8) is 0 Å². The predicted molar refractivity (Wildman–Crippen MR) is 85.0 cm³/mol. The molecule has 0 aliphatic carbocycles. The fourth-order valence-electron chi connectivity index (χ4n) is 2.99. The highest BCUT2D eigenvalue weighted by Gasteiger charge is 2.17. The van der Waals surface area contributed by atoms with E-state index in [2.05, 4.69) is 33.4 Å². The van der Waals surface area contributed by atoms with Crippen LogP contribution in [-0.4, -0.2) is 46.5 Å². The van der Waals surface area contributed by atoms with Crippen LogP contribution in [0.25, 0.3) is 0 Å². The van der Waals surface area contributed by atoms with E-state index in [-0.39, 0.29) is 5.82 Å². The van der Waals surface area contributed by atoms with Crippen molar-refractivity contribution < 1.29 is 4.39 Å². The molecule has 0 amide bonds. The van der Waals surface area contributed by atoms with Gasteiger partial charge in [0.05, 0.1) is 5.69 Å². The normalized spacial score (nSPS) is 15.8. The maximum absolute atomic E-state index is 13.0. The summed E-state index contributed by atoms with van der Waals surface area (Å²) < 4.78 is 15.3. The van der Waals surface area contributed by atoms with Crippen molar-refractivity contribution >= 4 is 0 Å². The lowest BCUT2D eigenvalue weighted by Crippen LogP contribution is -2.26. The number of aromatic nitrogens is 2. The molecule has 1 aromatic heterocycles. The molecule has 4 nitrogen and oxygen atoms in total. The second-order valence-electron chi connectivity index (χ2n) is 6.21. The van der Waals surface area contributed by atoms with Crippen molar-refractivity contribution in [2.75, 3.05) is 27.2 Å². The van der Waals surface area contributed by atoms with Gasteiger partial charge in [-0.1, -0.05) is 12.1 Å². The summed E-state index contributed by atoms with van der Waals surface area (Å²) in [6, 6.07) is 6.81. The second kappa shape index (κ2) is 6.58. The minimum absolute atomic E-state index is 0.173. The highest BCUT2D eigenvalue weighted by Crippen LogP contribution is 2.15. The number of hydrogen-bond acceptors (Lipinski definition) is 3. The lowest BCUT2D eigenvalue weighted by Gasteiger charge is -2.20. The topological polar surface area (TPSA) is 24.3 Å². The van der Waals surface area contributed by atoms with Gasteiger partial charge in [0.1, 0.15) is 11.6 Å². The third-order valence-corrected chi connectivity index (χ3v) is 4.11. The molecule has 22 heavy (non-hydrogen) atoms. The summed E-state index contributed by atoms with van der Waals surface area (Å²) in [5.41, 5.74) is 2.44. The van der Waals surface area contributed by atoms with Crippen molar-refractivity contribution in [1.82, 2.24) is 19.4 Å². The predicted octanol–water partition coefficient (Wildman–Crippen LogP) is 2.14. The molecule has 0 N–H and O–H groups in total. The first kappa shape index (κ1) is 15.2. The zero-order valence-electron chi connectivity index (χ0n) is 13.3. The zero-order chi connectivity index (χ0) is 15.5. The Balaban J connectivity index is 1.65. The molecule has 0 unspecified atom stereocenters. The van der Waals surface area contributed by atoms with Crippen LogP contribution in [0.4, 0.5) is 4.39 Å². The summed E-state index contributed by atoms with van der Waals surface area (Å²) in [4.78, 5) is 9.17. The minimum Gasteiger partial charge on any atom is -0.329 e. The molecule has 5 heteroatoms. The Hall–Kier alpha value is -1.72. The Morgan fingerprint density at radius 3 is 2.64 bits per heavy atom. The molecule has 0 atom stereocenters. The molecule has 0 radical (unpaired) electrons. The van der Waals surface area contributed by atoms with Crippen molar-refractivity contribution in [2.45, 2.75) is 26.1 Å². The number of hydrogen-bond donors (Lipinski definition) is 0. The number of fused-ring (bicyclic) bond motifs is 1. The van der Waals surface area contributed by atoms with E-state index in [4.69, 9.17) is 0 Å². The van der Waals surface area contributed by atoms with Gasteiger partial charge < -0.3 is 9.47 Å². The largest absolute Gasteiger partial charge is 0.329 e. The van der Waals surface area contributed by atoms with Crippen LogP contribution in [0.15, 0.2) is 30.5 Å². The van der Waals surface area contributed by atoms with Crippen molar-refractivity contribution in [3.05, 3.63) is 53.4 Å². The summed E-state index contributed by atoms with van der Waals surface area (Å²) in [6.07, 6.45) is 2.97.